The summed E-state index contributed by atoms with van der Waals surface area (Å²) in [4.78, 5) is 10.5. The molecule has 0 radical (unpaired) electrons. The molecule has 1 heterocycles. The molecule has 1 rings (SSSR count). The van der Waals surface area contributed by atoms with Gasteiger partial charge < -0.3 is 9.52 Å². The van der Waals surface area contributed by atoms with Gasteiger partial charge in [0.1, 0.15) is 4.90 Å². The van der Waals surface area contributed by atoms with Crippen molar-refractivity contribution in [1.82, 2.24) is 4.72 Å². The smallest absolute Gasteiger partial charge is 0.371 e. The van der Waals surface area contributed by atoms with Crippen molar-refractivity contribution < 1.29 is 22.7 Å². The SMILES string of the molecule is CCC(C)(C)NS(=O)(=O)c1cc(C(=O)O)oc1Br. The Bertz CT molecular complexity index is 561. The predicted octanol–water partition coefficient (Wildman–Crippen LogP) is 2.21. The molecule has 0 amide bonds. The zero-order valence-electron chi connectivity index (χ0n) is 10.2. The summed E-state index contributed by atoms with van der Waals surface area (Å²) in [6, 6.07) is 0.973. The molecule has 0 aliphatic carbocycles. The first kappa shape index (κ1) is 15.2. The maximum Gasteiger partial charge on any atom is 0.371 e. The first-order valence-corrected chi connectivity index (χ1v) is 7.43. The molecule has 0 aromatic carbocycles. The van der Waals surface area contributed by atoms with Crippen LogP contribution in [0.25, 0.3) is 0 Å². The number of furan rings is 1. The van der Waals surface area contributed by atoms with Gasteiger partial charge in [-0.15, -0.1) is 0 Å². The number of hydrogen-bond acceptors (Lipinski definition) is 4. The topological polar surface area (TPSA) is 96.6 Å². The van der Waals surface area contributed by atoms with Gasteiger partial charge in [-0.25, -0.2) is 17.9 Å². The highest BCUT2D eigenvalue weighted by Gasteiger charge is 2.29. The Morgan fingerprint density at radius 2 is 2.11 bits per heavy atom. The van der Waals surface area contributed by atoms with Gasteiger partial charge in [-0.3, -0.25) is 0 Å². The minimum absolute atomic E-state index is 0.126. The first-order valence-electron chi connectivity index (χ1n) is 5.15. The first-order chi connectivity index (χ1) is 8.09. The molecule has 0 spiro atoms. The van der Waals surface area contributed by atoms with E-state index in [-0.39, 0.29) is 9.56 Å². The second kappa shape index (κ2) is 5.02. The summed E-state index contributed by atoms with van der Waals surface area (Å²) in [5, 5.41) is 8.74. The van der Waals surface area contributed by atoms with Crippen molar-refractivity contribution in [2.45, 2.75) is 37.6 Å². The molecule has 0 aliphatic rings. The average Bonchev–Trinajstić information content (AvgIpc) is 2.60. The standard InChI is InChI=1S/C10H14BrNO5S/c1-4-10(2,3)12-18(15,16)7-5-6(9(13)14)17-8(7)11/h5,12H,4H2,1-3H3,(H,13,14). The molecule has 0 saturated carbocycles. The van der Waals surface area contributed by atoms with Crippen LogP contribution in [0.5, 0.6) is 0 Å². The van der Waals surface area contributed by atoms with Crippen LogP contribution in [0.3, 0.4) is 0 Å². The number of carbonyl (C=O) groups is 1. The van der Waals surface area contributed by atoms with Gasteiger partial charge in [-0.2, -0.15) is 0 Å². The van der Waals surface area contributed by atoms with E-state index in [1.54, 1.807) is 13.8 Å². The number of aromatic carboxylic acids is 1. The maximum atomic E-state index is 12.1. The zero-order chi connectivity index (χ0) is 14.1. The molecular weight excluding hydrogens is 326 g/mol. The molecule has 1 aromatic rings. The minimum Gasteiger partial charge on any atom is -0.475 e. The third kappa shape index (κ3) is 3.33. The quantitative estimate of drug-likeness (QED) is 0.857. The van der Waals surface area contributed by atoms with Crippen molar-refractivity contribution in [2.24, 2.45) is 0 Å². The van der Waals surface area contributed by atoms with Crippen LogP contribution in [0.15, 0.2) is 20.0 Å². The highest BCUT2D eigenvalue weighted by molar-refractivity contribution is 9.10. The Morgan fingerprint density at radius 1 is 1.56 bits per heavy atom. The fourth-order valence-electron chi connectivity index (χ4n) is 1.13. The second-order valence-electron chi connectivity index (χ2n) is 4.40. The van der Waals surface area contributed by atoms with E-state index in [4.69, 9.17) is 9.52 Å². The fourth-order valence-corrected chi connectivity index (χ4v) is 3.56. The molecule has 2 N–H and O–H groups in total. The Balaban J connectivity index is 3.17. The normalized spacial score (nSPS) is 12.7. The molecule has 6 nitrogen and oxygen atoms in total. The minimum atomic E-state index is -3.83. The number of carboxylic acid groups (broad SMARTS) is 1. The van der Waals surface area contributed by atoms with Gasteiger partial charge in [0, 0.05) is 11.6 Å². The van der Waals surface area contributed by atoms with Gasteiger partial charge in [0.25, 0.3) is 0 Å². The lowest BCUT2D eigenvalue weighted by molar-refractivity contribution is 0.0661. The fraction of sp³-hybridized carbons (Fsp3) is 0.500. The summed E-state index contributed by atoms with van der Waals surface area (Å²) >= 11 is 2.90. The number of carboxylic acids is 1. The van der Waals surface area contributed by atoms with Crippen molar-refractivity contribution in [3.8, 4) is 0 Å². The van der Waals surface area contributed by atoms with Crippen LogP contribution in [0.2, 0.25) is 0 Å². The summed E-state index contributed by atoms with van der Waals surface area (Å²) in [5.74, 6) is -1.76. The van der Waals surface area contributed by atoms with Gasteiger partial charge in [0.15, 0.2) is 4.67 Å². The van der Waals surface area contributed by atoms with Gasteiger partial charge in [0.2, 0.25) is 15.8 Å². The van der Waals surface area contributed by atoms with Crippen LogP contribution < -0.4 is 4.72 Å². The highest BCUT2D eigenvalue weighted by atomic mass is 79.9. The van der Waals surface area contributed by atoms with Crippen LogP contribution in [-0.2, 0) is 10.0 Å². The summed E-state index contributed by atoms with van der Waals surface area (Å²) in [6.45, 7) is 5.31. The molecule has 0 aliphatic heterocycles. The van der Waals surface area contributed by atoms with E-state index >= 15 is 0 Å². The second-order valence-corrected chi connectivity index (χ2v) is 6.77. The van der Waals surface area contributed by atoms with Gasteiger partial charge in [-0.05, 0) is 36.2 Å². The van der Waals surface area contributed by atoms with E-state index in [1.165, 1.54) is 0 Å². The van der Waals surface area contributed by atoms with Gasteiger partial charge >= 0.3 is 5.97 Å². The van der Waals surface area contributed by atoms with Crippen LogP contribution in [0.4, 0.5) is 0 Å². The summed E-state index contributed by atoms with van der Waals surface area (Å²) in [6.07, 6.45) is 0.591. The van der Waals surface area contributed by atoms with Crippen LogP contribution in [0.1, 0.15) is 37.7 Å². The van der Waals surface area contributed by atoms with Crippen molar-refractivity contribution in [3.05, 3.63) is 16.5 Å². The molecule has 102 valence electrons. The molecule has 0 saturated heterocycles. The summed E-state index contributed by atoms with van der Waals surface area (Å²) in [7, 11) is -3.83. The number of nitrogens with one attached hydrogen (secondary N) is 1. The van der Waals surface area contributed by atoms with Crippen LogP contribution in [-0.4, -0.2) is 25.0 Å². The van der Waals surface area contributed by atoms with Crippen molar-refractivity contribution in [2.75, 3.05) is 0 Å². The monoisotopic (exact) mass is 339 g/mol. The van der Waals surface area contributed by atoms with Crippen molar-refractivity contribution >= 4 is 31.9 Å². The van der Waals surface area contributed by atoms with E-state index in [0.29, 0.717) is 6.42 Å². The molecule has 1 aromatic heterocycles. The highest BCUT2D eigenvalue weighted by Crippen LogP contribution is 2.27. The lowest BCUT2D eigenvalue weighted by Gasteiger charge is -2.23. The molecule has 0 fully saturated rings. The van der Waals surface area contributed by atoms with E-state index in [0.717, 1.165) is 6.07 Å². The van der Waals surface area contributed by atoms with Crippen molar-refractivity contribution in [3.63, 3.8) is 0 Å². The lowest BCUT2D eigenvalue weighted by atomic mass is 10.0. The summed E-state index contributed by atoms with van der Waals surface area (Å²) < 4.78 is 31.3. The predicted molar refractivity (Wildman–Crippen MR) is 68.1 cm³/mol. The third-order valence-electron chi connectivity index (χ3n) is 2.45. The maximum absolute atomic E-state index is 12.1. The molecule has 18 heavy (non-hydrogen) atoms. The number of sulfonamides is 1. The van der Waals surface area contributed by atoms with Crippen molar-refractivity contribution in [1.29, 1.82) is 0 Å². The Kier molecular flexibility index (Phi) is 4.24. The zero-order valence-corrected chi connectivity index (χ0v) is 12.6. The molecule has 0 unspecified atom stereocenters. The molecule has 8 heteroatoms. The van der Waals surface area contributed by atoms with Gasteiger partial charge in [0.05, 0.1) is 0 Å². The molecular formula is C10H14BrNO5S. The van der Waals surface area contributed by atoms with E-state index in [1.807, 2.05) is 6.92 Å². The summed E-state index contributed by atoms with van der Waals surface area (Å²) in [5.41, 5.74) is -0.626. The Hall–Kier alpha value is -0.860. The van der Waals surface area contributed by atoms with Gasteiger partial charge in [-0.1, -0.05) is 6.92 Å². The number of halogens is 1. The third-order valence-corrected chi connectivity index (χ3v) is 5.01. The van der Waals surface area contributed by atoms with E-state index in [9.17, 15) is 13.2 Å². The number of rotatable bonds is 5. The van der Waals surface area contributed by atoms with E-state index in [2.05, 4.69) is 20.7 Å². The Labute approximate surface area is 114 Å². The van der Waals surface area contributed by atoms with E-state index < -0.39 is 27.3 Å². The van der Waals surface area contributed by atoms with Crippen LogP contribution in [0, 0.1) is 0 Å². The number of hydrogen-bond donors (Lipinski definition) is 2. The van der Waals surface area contributed by atoms with Crippen LogP contribution >= 0.6 is 15.9 Å². The Morgan fingerprint density at radius 3 is 2.50 bits per heavy atom. The molecule has 0 bridgehead atoms. The lowest BCUT2D eigenvalue weighted by Crippen LogP contribution is -2.42. The molecule has 0 atom stereocenters. The average molecular weight is 340 g/mol. The largest absolute Gasteiger partial charge is 0.475 e.